The molecule has 0 aromatic carbocycles. The summed E-state index contributed by atoms with van der Waals surface area (Å²) in [7, 11) is 0. The normalized spacial score (nSPS) is 28.3. The van der Waals surface area contributed by atoms with Gasteiger partial charge in [0.05, 0.1) is 6.61 Å². The molecule has 0 aromatic rings. The smallest absolute Gasteiger partial charge is 0.328 e. The lowest BCUT2D eigenvalue weighted by atomic mass is 10.0. The molecule has 1 aliphatic rings. The topological polar surface area (TPSA) is 55.4 Å². The van der Waals surface area contributed by atoms with Crippen molar-refractivity contribution in [2.24, 2.45) is 5.92 Å². The first-order chi connectivity index (χ1) is 5.65. The Morgan fingerprint density at radius 2 is 2.42 bits per heavy atom. The predicted octanol–water partition coefficient (Wildman–Crippen LogP) is 0.0741. The Hall–Kier alpha value is -1.06. The number of rotatable bonds is 2. The van der Waals surface area contributed by atoms with Crippen LogP contribution < -0.4 is 5.32 Å². The summed E-state index contributed by atoms with van der Waals surface area (Å²) in [6.07, 6.45) is 0.420. The molecule has 0 radical (unpaired) electrons. The molecule has 4 nitrogen and oxygen atoms in total. The first-order valence-corrected chi connectivity index (χ1v) is 4.11. The molecule has 1 rings (SSSR count). The van der Waals surface area contributed by atoms with E-state index in [1.807, 2.05) is 6.92 Å². The molecule has 1 N–H and O–H groups in total. The number of ether oxygens (including phenoxy) is 1. The average molecular weight is 171 g/mol. The highest BCUT2D eigenvalue weighted by Crippen LogP contribution is 2.16. The van der Waals surface area contributed by atoms with Gasteiger partial charge in [-0.3, -0.25) is 4.79 Å². The standard InChI is InChI=1S/C8H13NO3/c1-3-12-8(11)7-5(2)4-6(10)9-7/h5,7H,3-4H2,1-2H3,(H,9,10). The molecule has 0 bridgehead atoms. The maximum atomic E-state index is 11.2. The molecular formula is C8H13NO3. The lowest BCUT2D eigenvalue weighted by molar-refractivity contribution is -0.146. The fraction of sp³-hybridized carbons (Fsp3) is 0.750. The Bertz CT molecular complexity index is 202. The molecule has 0 saturated carbocycles. The van der Waals surface area contributed by atoms with Gasteiger partial charge in [-0.1, -0.05) is 6.92 Å². The molecular weight excluding hydrogens is 158 g/mol. The molecule has 0 aliphatic carbocycles. The summed E-state index contributed by atoms with van der Waals surface area (Å²) in [5.74, 6) is -0.340. The summed E-state index contributed by atoms with van der Waals surface area (Å²) in [5.41, 5.74) is 0. The van der Waals surface area contributed by atoms with Crippen LogP contribution in [0.3, 0.4) is 0 Å². The first-order valence-electron chi connectivity index (χ1n) is 4.11. The van der Waals surface area contributed by atoms with Crippen molar-refractivity contribution in [1.82, 2.24) is 5.32 Å². The van der Waals surface area contributed by atoms with Crippen LogP contribution in [0.1, 0.15) is 20.3 Å². The van der Waals surface area contributed by atoms with E-state index in [0.29, 0.717) is 13.0 Å². The number of amides is 1. The Morgan fingerprint density at radius 1 is 1.75 bits per heavy atom. The van der Waals surface area contributed by atoms with Gasteiger partial charge in [0.25, 0.3) is 0 Å². The second-order valence-electron chi connectivity index (χ2n) is 2.98. The van der Waals surface area contributed by atoms with Crippen LogP contribution >= 0.6 is 0 Å². The first kappa shape index (κ1) is 9.03. The highest BCUT2D eigenvalue weighted by molar-refractivity contribution is 5.88. The van der Waals surface area contributed by atoms with Crippen molar-refractivity contribution in [2.75, 3.05) is 6.61 Å². The number of carbonyl (C=O) groups excluding carboxylic acids is 2. The van der Waals surface area contributed by atoms with Crippen molar-refractivity contribution in [3.8, 4) is 0 Å². The number of carbonyl (C=O) groups is 2. The molecule has 0 aromatic heterocycles. The molecule has 1 amide bonds. The van der Waals surface area contributed by atoms with E-state index in [-0.39, 0.29) is 17.8 Å². The molecule has 0 spiro atoms. The zero-order valence-corrected chi connectivity index (χ0v) is 7.29. The van der Waals surface area contributed by atoms with Crippen LogP contribution in [0, 0.1) is 5.92 Å². The fourth-order valence-electron chi connectivity index (χ4n) is 1.31. The van der Waals surface area contributed by atoms with E-state index < -0.39 is 6.04 Å². The van der Waals surface area contributed by atoms with Crippen molar-refractivity contribution in [2.45, 2.75) is 26.3 Å². The summed E-state index contributed by atoms with van der Waals surface area (Å²) in [5, 5.41) is 2.57. The van der Waals surface area contributed by atoms with Crippen LogP contribution in [-0.2, 0) is 14.3 Å². The molecule has 4 heteroatoms. The lowest BCUT2D eigenvalue weighted by Gasteiger charge is -2.12. The van der Waals surface area contributed by atoms with Gasteiger partial charge in [-0.2, -0.15) is 0 Å². The van der Waals surface area contributed by atoms with Crippen LogP contribution in [0.4, 0.5) is 0 Å². The number of hydrogen-bond donors (Lipinski definition) is 1. The van der Waals surface area contributed by atoms with Gasteiger partial charge >= 0.3 is 5.97 Å². The molecule has 68 valence electrons. The van der Waals surface area contributed by atoms with E-state index in [9.17, 15) is 9.59 Å². The third-order valence-corrected chi connectivity index (χ3v) is 1.93. The minimum absolute atomic E-state index is 0.0524. The van der Waals surface area contributed by atoms with Crippen LogP contribution in [0.15, 0.2) is 0 Å². The van der Waals surface area contributed by atoms with Crippen LogP contribution in [0.5, 0.6) is 0 Å². The summed E-state index contributed by atoms with van der Waals surface area (Å²) in [6.45, 7) is 3.97. The van der Waals surface area contributed by atoms with Crippen LogP contribution in [0.25, 0.3) is 0 Å². The number of nitrogens with one attached hydrogen (secondary N) is 1. The zero-order chi connectivity index (χ0) is 9.14. The Morgan fingerprint density at radius 3 is 2.83 bits per heavy atom. The van der Waals surface area contributed by atoms with Gasteiger partial charge in [-0.15, -0.1) is 0 Å². The van der Waals surface area contributed by atoms with Gasteiger partial charge in [0.1, 0.15) is 6.04 Å². The fourth-order valence-corrected chi connectivity index (χ4v) is 1.31. The van der Waals surface area contributed by atoms with E-state index in [4.69, 9.17) is 4.74 Å². The highest BCUT2D eigenvalue weighted by Gasteiger charge is 2.35. The van der Waals surface area contributed by atoms with E-state index in [1.165, 1.54) is 0 Å². The van der Waals surface area contributed by atoms with Gasteiger partial charge in [0.2, 0.25) is 5.91 Å². The van der Waals surface area contributed by atoms with Gasteiger partial charge in [-0.25, -0.2) is 4.79 Å². The van der Waals surface area contributed by atoms with Crippen molar-refractivity contribution in [3.05, 3.63) is 0 Å². The second-order valence-corrected chi connectivity index (χ2v) is 2.98. The van der Waals surface area contributed by atoms with E-state index in [1.54, 1.807) is 6.92 Å². The van der Waals surface area contributed by atoms with Gasteiger partial charge in [-0.05, 0) is 12.8 Å². The average Bonchev–Trinajstić information content (AvgIpc) is 2.30. The van der Waals surface area contributed by atoms with E-state index >= 15 is 0 Å². The Kier molecular flexibility index (Phi) is 2.68. The summed E-state index contributed by atoms with van der Waals surface area (Å²) < 4.78 is 4.79. The third-order valence-electron chi connectivity index (χ3n) is 1.93. The van der Waals surface area contributed by atoms with Crippen LogP contribution in [-0.4, -0.2) is 24.5 Å². The van der Waals surface area contributed by atoms with Crippen molar-refractivity contribution >= 4 is 11.9 Å². The Balaban J connectivity index is 2.52. The molecule has 2 unspecified atom stereocenters. The molecule has 1 aliphatic heterocycles. The molecule has 1 heterocycles. The SMILES string of the molecule is CCOC(=O)C1NC(=O)CC1C. The van der Waals surface area contributed by atoms with Crippen molar-refractivity contribution in [3.63, 3.8) is 0 Å². The van der Waals surface area contributed by atoms with E-state index in [2.05, 4.69) is 5.32 Å². The minimum atomic E-state index is -0.433. The second kappa shape index (κ2) is 3.56. The molecule has 1 saturated heterocycles. The Labute approximate surface area is 71.3 Å². The van der Waals surface area contributed by atoms with Gasteiger partial charge in [0, 0.05) is 6.42 Å². The summed E-state index contributed by atoms with van der Waals surface area (Å²) >= 11 is 0. The third kappa shape index (κ3) is 1.75. The zero-order valence-electron chi connectivity index (χ0n) is 7.29. The number of hydrogen-bond acceptors (Lipinski definition) is 3. The minimum Gasteiger partial charge on any atom is -0.464 e. The van der Waals surface area contributed by atoms with Crippen molar-refractivity contribution < 1.29 is 14.3 Å². The van der Waals surface area contributed by atoms with Gasteiger partial charge < -0.3 is 10.1 Å². The quantitative estimate of drug-likeness (QED) is 0.598. The predicted molar refractivity (Wildman–Crippen MR) is 42.3 cm³/mol. The van der Waals surface area contributed by atoms with Crippen molar-refractivity contribution in [1.29, 1.82) is 0 Å². The van der Waals surface area contributed by atoms with Crippen LogP contribution in [0.2, 0.25) is 0 Å². The lowest BCUT2D eigenvalue weighted by Crippen LogP contribution is -2.37. The maximum absolute atomic E-state index is 11.2. The molecule has 1 fully saturated rings. The number of esters is 1. The molecule has 12 heavy (non-hydrogen) atoms. The molecule has 2 atom stereocenters. The summed E-state index contributed by atoms with van der Waals surface area (Å²) in [4.78, 5) is 22.0. The summed E-state index contributed by atoms with van der Waals surface area (Å²) in [6, 6.07) is -0.433. The van der Waals surface area contributed by atoms with E-state index in [0.717, 1.165) is 0 Å². The highest BCUT2D eigenvalue weighted by atomic mass is 16.5. The van der Waals surface area contributed by atoms with Gasteiger partial charge in [0.15, 0.2) is 0 Å². The largest absolute Gasteiger partial charge is 0.464 e. The maximum Gasteiger partial charge on any atom is 0.328 e. The monoisotopic (exact) mass is 171 g/mol.